The number of hydrogen-bond acceptors (Lipinski definition) is 4. The molecule has 0 saturated heterocycles. The Hall–Kier alpha value is -2.25. The summed E-state index contributed by atoms with van der Waals surface area (Å²) in [6.07, 6.45) is 3.42. The molecule has 0 bridgehead atoms. The van der Waals surface area contributed by atoms with E-state index in [4.69, 9.17) is 20.5 Å². The number of aromatic nitrogens is 1. The lowest BCUT2D eigenvalue weighted by molar-refractivity contribution is 0.305. The molecule has 5 nitrogen and oxygen atoms in total. The van der Waals surface area contributed by atoms with Crippen molar-refractivity contribution in [3.8, 4) is 16.9 Å². The Morgan fingerprint density at radius 3 is 2.52 bits per heavy atom. The molecule has 154 valence electrons. The molecule has 3 rings (SSSR count). The van der Waals surface area contributed by atoms with Crippen LogP contribution in [-0.4, -0.2) is 22.5 Å². The quantitative estimate of drug-likeness (QED) is 0.563. The van der Waals surface area contributed by atoms with Crippen LogP contribution in [0.15, 0.2) is 64.4 Å². The minimum Gasteiger partial charge on any atom is -0.489 e. The van der Waals surface area contributed by atoms with E-state index in [0.29, 0.717) is 27.8 Å². The summed E-state index contributed by atoms with van der Waals surface area (Å²) in [4.78, 5) is 12.7. The summed E-state index contributed by atoms with van der Waals surface area (Å²) >= 11 is 6.23. The summed E-state index contributed by atoms with van der Waals surface area (Å²) in [5.41, 5.74) is 3.12. The molecule has 0 spiro atoms. The molecule has 0 aliphatic heterocycles. The first-order valence-corrected chi connectivity index (χ1v) is 11.3. The molecule has 1 aromatic heterocycles. The first-order chi connectivity index (χ1) is 13.7. The molecular formula is C22H24ClNO4S. The van der Waals surface area contributed by atoms with Gasteiger partial charge < -0.3 is 9.30 Å². The number of nitrogens with zero attached hydrogens (tertiary/aromatic N) is 1. The predicted molar refractivity (Wildman–Crippen MR) is 119 cm³/mol. The highest BCUT2D eigenvalue weighted by molar-refractivity contribution is 8.24. The van der Waals surface area contributed by atoms with Gasteiger partial charge in [-0.15, -0.1) is 0 Å². The fourth-order valence-electron chi connectivity index (χ4n) is 2.95. The van der Waals surface area contributed by atoms with Crippen molar-refractivity contribution >= 4 is 22.2 Å². The third kappa shape index (κ3) is 4.85. The maximum Gasteiger partial charge on any atom is 0.253 e. The van der Waals surface area contributed by atoms with Crippen LogP contribution in [0.5, 0.6) is 5.75 Å². The van der Waals surface area contributed by atoms with Gasteiger partial charge in [-0.1, -0.05) is 29.8 Å². The summed E-state index contributed by atoms with van der Waals surface area (Å²) in [6.45, 7) is 2.07. The Balaban J connectivity index is 2.05. The normalized spacial score (nSPS) is 14.3. The monoisotopic (exact) mass is 433 g/mol. The Kier molecular flexibility index (Phi) is 6.39. The zero-order valence-electron chi connectivity index (χ0n) is 16.8. The molecule has 0 saturated carbocycles. The predicted octanol–water partition coefficient (Wildman–Crippen LogP) is 5.42. The highest BCUT2D eigenvalue weighted by Gasteiger charge is 2.16. The van der Waals surface area contributed by atoms with Crippen molar-refractivity contribution < 1.29 is 13.5 Å². The van der Waals surface area contributed by atoms with Crippen molar-refractivity contribution in [3.05, 3.63) is 81.2 Å². The Morgan fingerprint density at radius 1 is 1.14 bits per heavy atom. The molecule has 3 aromatic rings. The van der Waals surface area contributed by atoms with Gasteiger partial charge >= 0.3 is 0 Å². The second kappa shape index (κ2) is 8.63. The zero-order chi connectivity index (χ0) is 21.2. The largest absolute Gasteiger partial charge is 0.489 e. The molecule has 0 radical (unpaired) electrons. The number of aryl methyl sites for hydroxylation is 2. The lowest BCUT2D eigenvalue weighted by Crippen LogP contribution is -2.18. The standard InChI is InChI=1S/C22H24ClNO4S/c1-15-9-18(13-24(2)22(15)25)17-10-19(12-20(11-17)29(4,26)27-3)28-14-16-7-5-6-8-21(16)23/h5-13,26H,14H2,1-4H3. The fraction of sp³-hybridized carbons (Fsp3) is 0.227. The number of benzene rings is 2. The zero-order valence-corrected chi connectivity index (χ0v) is 18.4. The lowest BCUT2D eigenvalue weighted by Gasteiger charge is -2.32. The van der Waals surface area contributed by atoms with E-state index in [2.05, 4.69) is 0 Å². The van der Waals surface area contributed by atoms with Crippen molar-refractivity contribution in [3.63, 3.8) is 0 Å². The molecule has 0 aliphatic carbocycles. The van der Waals surface area contributed by atoms with Gasteiger partial charge in [0.25, 0.3) is 5.56 Å². The summed E-state index contributed by atoms with van der Waals surface area (Å²) < 4.78 is 23.6. The third-order valence-corrected chi connectivity index (χ3v) is 6.82. The minimum absolute atomic E-state index is 0.0467. The maximum atomic E-state index is 12.1. The van der Waals surface area contributed by atoms with Crippen molar-refractivity contribution in [1.29, 1.82) is 0 Å². The topological polar surface area (TPSA) is 60.7 Å². The molecule has 1 unspecified atom stereocenters. The Morgan fingerprint density at radius 2 is 1.86 bits per heavy atom. The molecule has 29 heavy (non-hydrogen) atoms. The minimum atomic E-state index is -2.45. The van der Waals surface area contributed by atoms with Gasteiger partial charge in [-0.05, 0) is 42.3 Å². The Labute approximate surface area is 177 Å². The molecular weight excluding hydrogens is 410 g/mol. The average molecular weight is 434 g/mol. The van der Waals surface area contributed by atoms with Crippen LogP contribution in [0.2, 0.25) is 5.02 Å². The fourth-order valence-corrected chi connectivity index (χ4v) is 4.01. The molecule has 0 aliphatic rings. The van der Waals surface area contributed by atoms with Crippen LogP contribution in [0.1, 0.15) is 11.1 Å². The molecule has 1 N–H and O–H groups in total. The first kappa shape index (κ1) is 21.5. The van der Waals surface area contributed by atoms with Gasteiger partial charge in [0.15, 0.2) is 0 Å². The van der Waals surface area contributed by atoms with Gasteiger partial charge in [0.2, 0.25) is 0 Å². The highest BCUT2D eigenvalue weighted by Crippen LogP contribution is 2.51. The van der Waals surface area contributed by atoms with E-state index in [1.807, 2.05) is 42.5 Å². The summed E-state index contributed by atoms with van der Waals surface area (Å²) in [6, 6.07) is 14.8. The van der Waals surface area contributed by atoms with Crippen LogP contribution in [0.4, 0.5) is 0 Å². The summed E-state index contributed by atoms with van der Waals surface area (Å²) in [5, 5.41) is 0.632. The van der Waals surface area contributed by atoms with E-state index < -0.39 is 10.6 Å². The molecule has 1 atom stereocenters. The van der Waals surface area contributed by atoms with Crippen LogP contribution in [0.3, 0.4) is 0 Å². The van der Waals surface area contributed by atoms with Crippen LogP contribution < -0.4 is 10.3 Å². The summed E-state index contributed by atoms with van der Waals surface area (Å²) in [7, 11) is 0.746. The molecule has 0 fully saturated rings. The first-order valence-electron chi connectivity index (χ1n) is 8.96. The van der Waals surface area contributed by atoms with Crippen molar-refractivity contribution in [2.24, 2.45) is 7.05 Å². The number of ether oxygens (including phenoxy) is 1. The van der Waals surface area contributed by atoms with Crippen molar-refractivity contribution in [2.45, 2.75) is 18.4 Å². The van der Waals surface area contributed by atoms with Crippen molar-refractivity contribution in [1.82, 2.24) is 4.57 Å². The lowest BCUT2D eigenvalue weighted by atomic mass is 10.1. The van der Waals surface area contributed by atoms with Gasteiger partial charge in [0, 0.05) is 41.7 Å². The highest BCUT2D eigenvalue weighted by atomic mass is 35.5. The van der Waals surface area contributed by atoms with E-state index in [9.17, 15) is 9.35 Å². The van der Waals surface area contributed by atoms with Crippen LogP contribution in [0, 0.1) is 6.92 Å². The van der Waals surface area contributed by atoms with Gasteiger partial charge in [-0.2, -0.15) is 10.6 Å². The molecule has 0 amide bonds. The summed E-state index contributed by atoms with van der Waals surface area (Å²) in [5.74, 6) is 0.578. The number of rotatable bonds is 6. The second-order valence-electron chi connectivity index (χ2n) is 6.87. The smallest absolute Gasteiger partial charge is 0.253 e. The van der Waals surface area contributed by atoms with Crippen molar-refractivity contribution in [2.75, 3.05) is 13.4 Å². The van der Waals surface area contributed by atoms with E-state index in [0.717, 1.165) is 16.7 Å². The third-order valence-electron chi connectivity index (χ3n) is 4.69. The number of pyridine rings is 1. The van der Waals surface area contributed by atoms with E-state index in [1.54, 1.807) is 37.1 Å². The average Bonchev–Trinajstić information content (AvgIpc) is 2.70. The maximum absolute atomic E-state index is 12.1. The molecule has 1 heterocycles. The van der Waals surface area contributed by atoms with E-state index in [1.165, 1.54) is 7.11 Å². The van der Waals surface area contributed by atoms with Gasteiger partial charge in [-0.25, -0.2) is 0 Å². The van der Waals surface area contributed by atoms with Gasteiger partial charge in [0.05, 0.1) is 12.0 Å². The van der Waals surface area contributed by atoms with Crippen LogP contribution >= 0.6 is 22.2 Å². The van der Waals surface area contributed by atoms with E-state index >= 15 is 0 Å². The Bertz CT molecular complexity index is 1070. The van der Waals surface area contributed by atoms with E-state index in [-0.39, 0.29) is 5.56 Å². The molecule has 7 heteroatoms. The second-order valence-corrected chi connectivity index (χ2v) is 9.69. The van der Waals surface area contributed by atoms with Crippen LogP contribution in [0.25, 0.3) is 11.1 Å². The molecule has 2 aromatic carbocycles. The van der Waals surface area contributed by atoms with Gasteiger partial charge in [-0.3, -0.25) is 13.5 Å². The SMILES string of the molecule is COS(C)(O)c1cc(OCc2ccccc2Cl)cc(-c2cc(C)c(=O)n(C)c2)c1. The van der Waals surface area contributed by atoms with Gasteiger partial charge in [0.1, 0.15) is 12.4 Å². The van der Waals surface area contributed by atoms with Crippen LogP contribution in [-0.2, 0) is 17.8 Å². The number of hydrogen-bond donors (Lipinski definition) is 1. The number of halogens is 1.